The van der Waals surface area contributed by atoms with Crippen LogP contribution < -0.4 is 0 Å². The molecule has 0 saturated heterocycles. The fourth-order valence-corrected chi connectivity index (χ4v) is 1.61. The molecule has 0 spiro atoms. The van der Waals surface area contributed by atoms with Gasteiger partial charge < -0.3 is 4.74 Å². The molecule has 1 aliphatic rings. The Balaban J connectivity index is 2.47. The van der Waals surface area contributed by atoms with Crippen molar-refractivity contribution in [1.29, 1.82) is 0 Å². The Kier molecular flexibility index (Phi) is 2.45. The van der Waals surface area contributed by atoms with Gasteiger partial charge in [0.2, 0.25) is 5.90 Å². The second kappa shape index (κ2) is 3.54. The molecule has 16 heavy (non-hydrogen) atoms. The molecule has 0 unspecified atom stereocenters. The van der Waals surface area contributed by atoms with E-state index >= 15 is 0 Å². The SMILES string of the molecule is Cc1c(C2=NC(C)(C)CO2)ccc(F)c1F. The van der Waals surface area contributed by atoms with E-state index in [1.165, 1.54) is 13.0 Å². The van der Waals surface area contributed by atoms with Crippen LogP contribution >= 0.6 is 0 Å². The number of hydrogen-bond acceptors (Lipinski definition) is 2. The van der Waals surface area contributed by atoms with Gasteiger partial charge in [0.25, 0.3) is 0 Å². The van der Waals surface area contributed by atoms with Crippen molar-refractivity contribution in [3.8, 4) is 0 Å². The minimum Gasteiger partial charge on any atom is -0.475 e. The standard InChI is InChI=1S/C12H13F2NO/c1-7-8(4-5-9(13)10(7)14)11-15-12(2,3)6-16-11/h4-5H,6H2,1-3H3. The molecule has 1 aliphatic heterocycles. The molecule has 0 bridgehead atoms. The molecule has 1 heterocycles. The van der Waals surface area contributed by atoms with E-state index in [1.807, 2.05) is 13.8 Å². The smallest absolute Gasteiger partial charge is 0.217 e. The average molecular weight is 225 g/mol. The largest absolute Gasteiger partial charge is 0.475 e. The lowest BCUT2D eigenvalue weighted by Gasteiger charge is -2.07. The van der Waals surface area contributed by atoms with Crippen LogP contribution in [0.5, 0.6) is 0 Å². The second-order valence-electron chi connectivity index (χ2n) is 4.55. The van der Waals surface area contributed by atoms with Gasteiger partial charge in [-0.15, -0.1) is 0 Å². The number of ether oxygens (including phenoxy) is 1. The zero-order chi connectivity index (χ0) is 11.9. The topological polar surface area (TPSA) is 21.6 Å². The number of nitrogens with zero attached hydrogens (tertiary/aromatic N) is 1. The molecule has 0 atom stereocenters. The second-order valence-corrected chi connectivity index (χ2v) is 4.55. The van der Waals surface area contributed by atoms with Gasteiger partial charge in [0, 0.05) is 11.1 Å². The van der Waals surface area contributed by atoms with Gasteiger partial charge in [-0.2, -0.15) is 0 Å². The van der Waals surface area contributed by atoms with Crippen molar-refractivity contribution >= 4 is 5.90 Å². The van der Waals surface area contributed by atoms with E-state index in [0.29, 0.717) is 18.1 Å². The first-order valence-corrected chi connectivity index (χ1v) is 5.08. The molecule has 0 aromatic heterocycles. The summed E-state index contributed by atoms with van der Waals surface area (Å²) in [6, 6.07) is 2.59. The van der Waals surface area contributed by atoms with Crippen LogP contribution in [0.3, 0.4) is 0 Å². The Labute approximate surface area is 93.0 Å². The number of hydrogen-bond donors (Lipinski definition) is 0. The predicted octanol–water partition coefficient (Wildman–Crippen LogP) is 2.83. The summed E-state index contributed by atoms with van der Waals surface area (Å²) < 4.78 is 31.7. The molecule has 0 saturated carbocycles. The van der Waals surface area contributed by atoms with Crippen molar-refractivity contribution < 1.29 is 13.5 Å². The Morgan fingerprint density at radius 3 is 2.56 bits per heavy atom. The molecule has 0 amide bonds. The molecule has 0 fully saturated rings. The Morgan fingerprint density at radius 1 is 1.31 bits per heavy atom. The first-order chi connectivity index (χ1) is 7.41. The van der Waals surface area contributed by atoms with E-state index in [1.54, 1.807) is 0 Å². The Morgan fingerprint density at radius 2 is 2.00 bits per heavy atom. The minimum absolute atomic E-state index is 0.233. The molecule has 1 aromatic carbocycles. The van der Waals surface area contributed by atoms with Gasteiger partial charge in [-0.05, 0) is 32.9 Å². The van der Waals surface area contributed by atoms with Crippen LogP contribution in [-0.4, -0.2) is 18.0 Å². The molecule has 1 aromatic rings. The van der Waals surface area contributed by atoms with Crippen molar-refractivity contribution in [2.45, 2.75) is 26.3 Å². The monoisotopic (exact) mass is 225 g/mol. The van der Waals surface area contributed by atoms with Gasteiger partial charge in [-0.3, -0.25) is 0 Å². The summed E-state index contributed by atoms with van der Waals surface area (Å²) in [5.41, 5.74) is 0.452. The highest BCUT2D eigenvalue weighted by atomic mass is 19.2. The van der Waals surface area contributed by atoms with Gasteiger partial charge in [0.05, 0.1) is 5.54 Å². The van der Waals surface area contributed by atoms with Crippen LogP contribution in [0, 0.1) is 18.6 Å². The van der Waals surface area contributed by atoms with Crippen LogP contribution in [0.1, 0.15) is 25.0 Å². The lowest BCUT2D eigenvalue weighted by atomic mass is 10.1. The van der Waals surface area contributed by atoms with Crippen molar-refractivity contribution in [3.05, 3.63) is 34.9 Å². The quantitative estimate of drug-likeness (QED) is 0.720. The van der Waals surface area contributed by atoms with Crippen LogP contribution in [0.25, 0.3) is 0 Å². The summed E-state index contributed by atoms with van der Waals surface area (Å²) in [6.45, 7) is 5.83. The summed E-state index contributed by atoms with van der Waals surface area (Å²) in [7, 11) is 0. The molecule has 0 N–H and O–H groups in total. The maximum absolute atomic E-state index is 13.4. The van der Waals surface area contributed by atoms with Crippen molar-refractivity contribution in [2.75, 3.05) is 6.61 Å². The summed E-state index contributed by atoms with van der Waals surface area (Å²) in [4.78, 5) is 4.33. The third kappa shape index (κ3) is 1.79. The molecule has 2 rings (SSSR count). The summed E-state index contributed by atoms with van der Waals surface area (Å²) in [5.74, 6) is -1.30. The van der Waals surface area contributed by atoms with Crippen LogP contribution in [0.2, 0.25) is 0 Å². The first kappa shape index (κ1) is 11.0. The lowest BCUT2D eigenvalue weighted by molar-refractivity contribution is 0.279. The zero-order valence-corrected chi connectivity index (χ0v) is 9.47. The van der Waals surface area contributed by atoms with Gasteiger partial charge in [0.15, 0.2) is 11.6 Å². The zero-order valence-electron chi connectivity index (χ0n) is 9.47. The highest BCUT2D eigenvalue weighted by Gasteiger charge is 2.28. The van der Waals surface area contributed by atoms with Crippen molar-refractivity contribution in [3.63, 3.8) is 0 Å². The van der Waals surface area contributed by atoms with Crippen molar-refractivity contribution in [1.82, 2.24) is 0 Å². The van der Waals surface area contributed by atoms with Gasteiger partial charge in [-0.25, -0.2) is 13.8 Å². The lowest BCUT2D eigenvalue weighted by Crippen LogP contribution is -2.17. The van der Waals surface area contributed by atoms with Gasteiger partial charge in [0.1, 0.15) is 6.61 Å². The maximum Gasteiger partial charge on any atom is 0.217 e. The van der Waals surface area contributed by atoms with E-state index in [0.717, 1.165) is 6.07 Å². The third-order valence-electron chi connectivity index (χ3n) is 2.54. The van der Waals surface area contributed by atoms with Crippen molar-refractivity contribution in [2.24, 2.45) is 4.99 Å². The first-order valence-electron chi connectivity index (χ1n) is 5.08. The molecular formula is C12H13F2NO. The Hall–Kier alpha value is -1.45. The van der Waals surface area contributed by atoms with E-state index in [2.05, 4.69) is 4.99 Å². The minimum atomic E-state index is -0.848. The third-order valence-corrected chi connectivity index (χ3v) is 2.54. The normalized spacial score (nSPS) is 18.2. The number of aliphatic imine (C=N–C) groups is 1. The summed E-state index contributed by atoms with van der Waals surface area (Å²) in [5, 5.41) is 0. The predicted molar refractivity (Wildman–Crippen MR) is 57.7 cm³/mol. The molecular weight excluding hydrogens is 212 g/mol. The average Bonchev–Trinajstić information content (AvgIpc) is 2.55. The highest BCUT2D eigenvalue weighted by molar-refractivity contribution is 5.96. The van der Waals surface area contributed by atoms with Gasteiger partial charge >= 0.3 is 0 Å². The fourth-order valence-electron chi connectivity index (χ4n) is 1.61. The van der Waals surface area contributed by atoms with E-state index in [-0.39, 0.29) is 11.1 Å². The molecule has 86 valence electrons. The molecule has 0 aliphatic carbocycles. The number of halogens is 2. The summed E-state index contributed by atoms with van der Waals surface area (Å²) >= 11 is 0. The molecule has 4 heteroatoms. The molecule has 2 nitrogen and oxygen atoms in total. The van der Waals surface area contributed by atoms with E-state index in [4.69, 9.17) is 4.74 Å². The number of rotatable bonds is 1. The highest BCUT2D eigenvalue weighted by Crippen LogP contribution is 2.24. The molecule has 0 radical (unpaired) electrons. The van der Waals surface area contributed by atoms with Crippen LogP contribution in [0.15, 0.2) is 17.1 Å². The van der Waals surface area contributed by atoms with Crippen LogP contribution in [0.4, 0.5) is 8.78 Å². The van der Waals surface area contributed by atoms with E-state index in [9.17, 15) is 8.78 Å². The fraction of sp³-hybridized carbons (Fsp3) is 0.417. The van der Waals surface area contributed by atoms with E-state index < -0.39 is 11.6 Å². The number of benzene rings is 1. The van der Waals surface area contributed by atoms with Crippen LogP contribution in [-0.2, 0) is 4.74 Å². The summed E-state index contributed by atoms with van der Waals surface area (Å²) in [6.07, 6.45) is 0. The van der Waals surface area contributed by atoms with Gasteiger partial charge in [-0.1, -0.05) is 0 Å². The maximum atomic E-state index is 13.4. The Bertz CT molecular complexity index is 466.